The van der Waals surface area contributed by atoms with Crippen LogP contribution in [-0.2, 0) is 7.05 Å². The van der Waals surface area contributed by atoms with Gasteiger partial charge in [0.05, 0.1) is 0 Å². The van der Waals surface area contributed by atoms with Crippen molar-refractivity contribution < 1.29 is 4.79 Å². The molecule has 0 bridgehead atoms. The van der Waals surface area contributed by atoms with Crippen molar-refractivity contribution in [1.29, 1.82) is 0 Å². The highest BCUT2D eigenvalue weighted by molar-refractivity contribution is 6.03. The average Bonchev–Trinajstić information content (AvgIpc) is 2.94. The summed E-state index contributed by atoms with van der Waals surface area (Å²) in [7, 11) is 2.03. The SMILES string of the molecule is Cn1ccc2cc(-c3cncc4ccc(C(N)=O)cc34)ccc21. The zero-order chi connectivity index (χ0) is 16.0. The Bertz CT molecular complexity index is 1060. The number of hydrogen-bond acceptors (Lipinski definition) is 2. The van der Waals surface area contributed by atoms with Crippen LogP contribution < -0.4 is 5.73 Å². The topological polar surface area (TPSA) is 60.9 Å². The summed E-state index contributed by atoms with van der Waals surface area (Å²) < 4.78 is 2.09. The van der Waals surface area contributed by atoms with Gasteiger partial charge in [0.1, 0.15) is 0 Å². The lowest BCUT2D eigenvalue weighted by Crippen LogP contribution is -2.10. The Labute approximate surface area is 133 Å². The molecule has 0 aliphatic rings. The highest BCUT2D eigenvalue weighted by atomic mass is 16.1. The van der Waals surface area contributed by atoms with Gasteiger partial charge in [0.15, 0.2) is 0 Å². The molecule has 0 spiro atoms. The third-order valence-electron chi connectivity index (χ3n) is 4.24. The number of aryl methyl sites for hydroxylation is 1. The molecule has 0 aliphatic carbocycles. The second-order valence-electron chi connectivity index (χ2n) is 5.69. The van der Waals surface area contributed by atoms with E-state index >= 15 is 0 Å². The minimum Gasteiger partial charge on any atom is -0.366 e. The van der Waals surface area contributed by atoms with Crippen molar-refractivity contribution in [2.45, 2.75) is 0 Å². The van der Waals surface area contributed by atoms with Crippen LogP contribution in [0.3, 0.4) is 0 Å². The molecular weight excluding hydrogens is 286 g/mol. The monoisotopic (exact) mass is 301 g/mol. The summed E-state index contributed by atoms with van der Waals surface area (Å²) in [5.74, 6) is -0.423. The maximum Gasteiger partial charge on any atom is 0.248 e. The number of hydrogen-bond donors (Lipinski definition) is 1. The number of benzene rings is 2. The van der Waals surface area contributed by atoms with Crippen LogP contribution in [0.4, 0.5) is 0 Å². The van der Waals surface area contributed by atoms with E-state index in [9.17, 15) is 4.79 Å². The fraction of sp³-hybridized carbons (Fsp3) is 0.0526. The van der Waals surface area contributed by atoms with E-state index in [4.69, 9.17) is 5.73 Å². The first kappa shape index (κ1) is 13.5. The smallest absolute Gasteiger partial charge is 0.248 e. The van der Waals surface area contributed by atoms with Gasteiger partial charge in [0.2, 0.25) is 5.91 Å². The number of rotatable bonds is 2. The first-order valence-corrected chi connectivity index (χ1v) is 7.36. The molecule has 23 heavy (non-hydrogen) atoms. The Morgan fingerprint density at radius 1 is 1.04 bits per heavy atom. The van der Waals surface area contributed by atoms with Crippen LogP contribution in [0.15, 0.2) is 61.1 Å². The molecule has 2 heterocycles. The first-order valence-electron chi connectivity index (χ1n) is 7.36. The zero-order valence-corrected chi connectivity index (χ0v) is 12.7. The number of amides is 1. The van der Waals surface area contributed by atoms with Gasteiger partial charge in [0, 0.05) is 53.1 Å². The van der Waals surface area contributed by atoms with Crippen LogP contribution in [0.5, 0.6) is 0 Å². The molecule has 0 radical (unpaired) electrons. The summed E-state index contributed by atoms with van der Waals surface area (Å²) in [6.07, 6.45) is 5.67. The van der Waals surface area contributed by atoms with Gasteiger partial charge in [-0.3, -0.25) is 9.78 Å². The Hall–Kier alpha value is -3.14. The second kappa shape index (κ2) is 4.95. The van der Waals surface area contributed by atoms with Gasteiger partial charge >= 0.3 is 0 Å². The zero-order valence-electron chi connectivity index (χ0n) is 12.7. The maximum absolute atomic E-state index is 11.5. The Kier molecular flexibility index (Phi) is 2.91. The third-order valence-corrected chi connectivity index (χ3v) is 4.24. The average molecular weight is 301 g/mol. The van der Waals surface area contributed by atoms with Crippen LogP contribution in [-0.4, -0.2) is 15.5 Å². The van der Waals surface area contributed by atoms with Crippen LogP contribution >= 0.6 is 0 Å². The summed E-state index contributed by atoms with van der Waals surface area (Å²) in [5.41, 5.74) is 9.17. The summed E-state index contributed by atoms with van der Waals surface area (Å²) >= 11 is 0. The summed E-state index contributed by atoms with van der Waals surface area (Å²) in [4.78, 5) is 15.8. The number of nitrogens with zero attached hydrogens (tertiary/aromatic N) is 2. The molecule has 2 N–H and O–H groups in total. The van der Waals surface area contributed by atoms with Gasteiger partial charge in [0.25, 0.3) is 0 Å². The number of aromatic nitrogens is 2. The predicted molar refractivity (Wildman–Crippen MR) is 92.2 cm³/mol. The van der Waals surface area contributed by atoms with Crippen molar-refractivity contribution in [2.24, 2.45) is 12.8 Å². The van der Waals surface area contributed by atoms with Crippen LogP contribution in [0.2, 0.25) is 0 Å². The van der Waals surface area contributed by atoms with E-state index in [0.717, 1.165) is 21.9 Å². The number of nitrogens with two attached hydrogens (primary N) is 1. The van der Waals surface area contributed by atoms with Crippen molar-refractivity contribution in [3.63, 3.8) is 0 Å². The Morgan fingerprint density at radius 2 is 1.91 bits per heavy atom. The van der Waals surface area contributed by atoms with E-state index in [-0.39, 0.29) is 0 Å². The van der Waals surface area contributed by atoms with E-state index in [1.165, 1.54) is 10.9 Å². The summed E-state index contributed by atoms with van der Waals surface area (Å²) in [5, 5.41) is 3.14. The lowest BCUT2D eigenvalue weighted by molar-refractivity contribution is 0.100. The fourth-order valence-corrected chi connectivity index (χ4v) is 3.00. The van der Waals surface area contributed by atoms with E-state index in [1.807, 2.05) is 31.6 Å². The van der Waals surface area contributed by atoms with Crippen molar-refractivity contribution in [1.82, 2.24) is 9.55 Å². The standard InChI is InChI=1S/C19H15N3O/c1-22-7-6-13-8-12(4-5-18(13)22)17-11-21-10-15-3-2-14(19(20)23)9-16(15)17/h2-11H,1H3,(H2,20,23). The van der Waals surface area contributed by atoms with E-state index in [1.54, 1.807) is 12.3 Å². The lowest BCUT2D eigenvalue weighted by Gasteiger charge is -2.08. The number of carbonyl (C=O) groups is 1. The Morgan fingerprint density at radius 3 is 2.74 bits per heavy atom. The molecule has 4 rings (SSSR count). The van der Waals surface area contributed by atoms with Gasteiger partial charge in [-0.15, -0.1) is 0 Å². The summed E-state index contributed by atoms with van der Waals surface area (Å²) in [6, 6.07) is 13.9. The molecular formula is C19H15N3O. The quantitative estimate of drug-likeness (QED) is 0.616. The van der Waals surface area contributed by atoms with Crippen molar-refractivity contribution in [3.05, 3.63) is 66.6 Å². The van der Waals surface area contributed by atoms with Gasteiger partial charge in [-0.2, -0.15) is 0 Å². The minimum absolute atomic E-state index is 0.423. The number of fused-ring (bicyclic) bond motifs is 2. The maximum atomic E-state index is 11.5. The molecule has 0 aliphatic heterocycles. The fourth-order valence-electron chi connectivity index (χ4n) is 3.00. The van der Waals surface area contributed by atoms with E-state index in [0.29, 0.717) is 5.56 Å². The highest BCUT2D eigenvalue weighted by Gasteiger charge is 2.09. The molecule has 0 saturated carbocycles. The number of primary amides is 1. The number of carbonyl (C=O) groups excluding carboxylic acids is 1. The normalized spacial score (nSPS) is 11.2. The molecule has 0 atom stereocenters. The molecule has 4 nitrogen and oxygen atoms in total. The molecule has 2 aromatic heterocycles. The van der Waals surface area contributed by atoms with Gasteiger partial charge in [-0.25, -0.2) is 0 Å². The molecule has 4 heteroatoms. The molecule has 4 aromatic rings. The molecule has 0 saturated heterocycles. The van der Waals surface area contributed by atoms with Crippen LogP contribution in [0, 0.1) is 0 Å². The van der Waals surface area contributed by atoms with Crippen LogP contribution in [0.1, 0.15) is 10.4 Å². The third kappa shape index (κ3) is 2.16. The van der Waals surface area contributed by atoms with Gasteiger partial charge in [-0.1, -0.05) is 12.1 Å². The van der Waals surface area contributed by atoms with E-state index < -0.39 is 5.91 Å². The lowest BCUT2D eigenvalue weighted by atomic mass is 9.98. The molecule has 0 unspecified atom stereocenters. The van der Waals surface area contributed by atoms with Crippen molar-refractivity contribution in [2.75, 3.05) is 0 Å². The van der Waals surface area contributed by atoms with Crippen molar-refractivity contribution >= 4 is 27.6 Å². The van der Waals surface area contributed by atoms with Gasteiger partial charge in [-0.05, 0) is 41.3 Å². The number of pyridine rings is 1. The minimum atomic E-state index is -0.423. The molecule has 0 fully saturated rings. The molecule has 1 amide bonds. The van der Waals surface area contributed by atoms with E-state index in [2.05, 4.69) is 33.8 Å². The van der Waals surface area contributed by atoms with Gasteiger partial charge < -0.3 is 10.3 Å². The molecule has 2 aromatic carbocycles. The largest absolute Gasteiger partial charge is 0.366 e. The van der Waals surface area contributed by atoms with Crippen molar-refractivity contribution in [3.8, 4) is 11.1 Å². The van der Waals surface area contributed by atoms with Crippen LogP contribution in [0.25, 0.3) is 32.8 Å². The summed E-state index contributed by atoms with van der Waals surface area (Å²) in [6.45, 7) is 0. The highest BCUT2D eigenvalue weighted by Crippen LogP contribution is 2.30. The predicted octanol–water partition coefficient (Wildman–Crippen LogP) is 3.49. The molecule has 112 valence electrons. The first-order chi connectivity index (χ1) is 11.1. The Balaban J connectivity index is 1.98. The second-order valence-corrected chi connectivity index (χ2v) is 5.69.